The van der Waals surface area contributed by atoms with E-state index >= 15 is 0 Å². The fourth-order valence-corrected chi connectivity index (χ4v) is 1.48. The summed E-state index contributed by atoms with van der Waals surface area (Å²) in [5, 5.41) is 3.77. The van der Waals surface area contributed by atoms with Gasteiger partial charge in [-0.25, -0.2) is 9.97 Å². The van der Waals surface area contributed by atoms with E-state index < -0.39 is 0 Å². The molecule has 0 aromatic carbocycles. The van der Waals surface area contributed by atoms with Crippen molar-refractivity contribution in [3.05, 3.63) is 17.4 Å². The minimum absolute atomic E-state index is 0. The van der Waals surface area contributed by atoms with Gasteiger partial charge in [0.25, 0.3) is 0 Å². The fourth-order valence-electron chi connectivity index (χ4n) is 1.34. The molecule has 14 heavy (non-hydrogen) atoms. The van der Waals surface area contributed by atoms with E-state index in [0.717, 1.165) is 32.1 Å². The van der Waals surface area contributed by atoms with E-state index in [1.165, 1.54) is 0 Å². The van der Waals surface area contributed by atoms with Gasteiger partial charge in [-0.05, 0) is 6.07 Å². The Hall–Kier alpha value is -0.580. The highest BCUT2D eigenvalue weighted by Crippen LogP contribution is 2.10. The van der Waals surface area contributed by atoms with Crippen molar-refractivity contribution in [2.75, 3.05) is 31.1 Å². The monoisotopic (exact) mass is 234 g/mol. The number of rotatable bonds is 1. The average molecular weight is 235 g/mol. The number of hydrogen-bond donors (Lipinski definition) is 1. The van der Waals surface area contributed by atoms with Gasteiger partial charge in [-0.3, -0.25) is 0 Å². The highest BCUT2D eigenvalue weighted by Gasteiger charge is 2.12. The molecule has 0 saturated carbocycles. The lowest BCUT2D eigenvalue weighted by molar-refractivity contribution is 0.580. The summed E-state index contributed by atoms with van der Waals surface area (Å²) in [5.74, 6) is 0.731. The Morgan fingerprint density at radius 3 is 2.71 bits per heavy atom. The number of anilines is 1. The summed E-state index contributed by atoms with van der Waals surface area (Å²) in [6.07, 6.45) is 1.69. The van der Waals surface area contributed by atoms with Gasteiger partial charge in [0.1, 0.15) is 5.15 Å². The minimum atomic E-state index is 0. The fraction of sp³-hybridized carbons (Fsp3) is 0.500. The van der Waals surface area contributed by atoms with Crippen molar-refractivity contribution in [1.82, 2.24) is 15.3 Å². The van der Waals surface area contributed by atoms with Gasteiger partial charge >= 0.3 is 0 Å². The van der Waals surface area contributed by atoms with Crippen LogP contribution in [0.2, 0.25) is 5.15 Å². The van der Waals surface area contributed by atoms with Gasteiger partial charge in [-0.15, -0.1) is 12.4 Å². The number of nitrogens with zero attached hydrogens (tertiary/aromatic N) is 3. The third-order valence-corrected chi connectivity index (χ3v) is 2.22. The Bertz CT molecular complexity index is 288. The molecule has 78 valence electrons. The second kappa shape index (κ2) is 5.34. The second-order valence-electron chi connectivity index (χ2n) is 2.92. The van der Waals surface area contributed by atoms with Crippen molar-refractivity contribution >= 4 is 30.0 Å². The van der Waals surface area contributed by atoms with Crippen LogP contribution in [0.15, 0.2) is 12.3 Å². The van der Waals surface area contributed by atoms with Crippen molar-refractivity contribution in [1.29, 1.82) is 0 Å². The molecule has 0 atom stereocenters. The van der Waals surface area contributed by atoms with Gasteiger partial charge in [0.15, 0.2) is 0 Å². The molecule has 2 heterocycles. The largest absolute Gasteiger partial charge is 0.338 e. The van der Waals surface area contributed by atoms with Crippen molar-refractivity contribution < 1.29 is 0 Å². The number of hydrogen-bond acceptors (Lipinski definition) is 4. The zero-order valence-electron chi connectivity index (χ0n) is 7.61. The highest BCUT2D eigenvalue weighted by atomic mass is 35.5. The van der Waals surface area contributed by atoms with E-state index in [4.69, 9.17) is 11.6 Å². The van der Waals surface area contributed by atoms with Gasteiger partial charge in [-0.1, -0.05) is 11.6 Å². The molecule has 1 aliphatic rings. The molecular weight excluding hydrogens is 223 g/mol. The Morgan fingerprint density at radius 1 is 1.36 bits per heavy atom. The van der Waals surface area contributed by atoms with Crippen LogP contribution in [0.5, 0.6) is 0 Å². The van der Waals surface area contributed by atoms with Crippen molar-refractivity contribution in [2.45, 2.75) is 0 Å². The Balaban J connectivity index is 0.000000980. The molecule has 0 spiro atoms. The van der Waals surface area contributed by atoms with Crippen LogP contribution in [0.1, 0.15) is 0 Å². The first-order chi connectivity index (χ1) is 6.36. The van der Waals surface area contributed by atoms with E-state index in [9.17, 15) is 0 Å². The van der Waals surface area contributed by atoms with Crippen LogP contribution in [-0.4, -0.2) is 36.1 Å². The molecule has 0 unspecified atom stereocenters. The molecule has 1 aliphatic heterocycles. The van der Waals surface area contributed by atoms with Crippen LogP contribution in [0.25, 0.3) is 0 Å². The normalized spacial score (nSPS) is 16.2. The maximum Gasteiger partial charge on any atom is 0.226 e. The SMILES string of the molecule is Cl.Clc1ccnc(N2CCNCC2)n1. The number of aromatic nitrogens is 2. The smallest absolute Gasteiger partial charge is 0.226 e. The predicted octanol–water partition coefficient (Wildman–Crippen LogP) is 0.961. The molecule has 6 heteroatoms. The minimum Gasteiger partial charge on any atom is -0.338 e. The van der Waals surface area contributed by atoms with Crippen molar-refractivity contribution in [3.8, 4) is 0 Å². The van der Waals surface area contributed by atoms with Gasteiger partial charge in [0.05, 0.1) is 0 Å². The predicted molar refractivity (Wildman–Crippen MR) is 59.4 cm³/mol. The van der Waals surface area contributed by atoms with Gasteiger partial charge in [0.2, 0.25) is 5.95 Å². The summed E-state index contributed by atoms with van der Waals surface area (Å²) < 4.78 is 0. The summed E-state index contributed by atoms with van der Waals surface area (Å²) in [6, 6.07) is 1.69. The summed E-state index contributed by atoms with van der Waals surface area (Å²) in [6.45, 7) is 3.85. The van der Waals surface area contributed by atoms with Gasteiger partial charge < -0.3 is 10.2 Å². The van der Waals surface area contributed by atoms with Crippen molar-refractivity contribution in [3.63, 3.8) is 0 Å². The first-order valence-electron chi connectivity index (χ1n) is 4.30. The molecular formula is C8H12Cl2N4. The molecule has 1 aromatic rings. The van der Waals surface area contributed by atoms with Crippen LogP contribution < -0.4 is 10.2 Å². The maximum atomic E-state index is 5.77. The van der Waals surface area contributed by atoms with E-state index in [1.807, 2.05) is 0 Å². The number of piperazine rings is 1. The van der Waals surface area contributed by atoms with Gasteiger partial charge in [-0.2, -0.15) is 0 Å². The second-order valence-corrected chi connectivity index (χ2v) is 3.30. The van der Waals surface area contributed by atoms with E-state index in [0.29, 0.717) is 5.15 Å². The lowest BCUT2D eigenvalue weighted by Crippen LogP contribution is -2.44. The third-order valence-electron chi connectivity index (χ3n) is 2.01. The zero-order valence-corrected chi connectivity index (χ0v) is 9.18. The molecule has 0 radical (unpaired) electrons. The van der Waals surface area contributed by atoms with Crippen LogP contribution in [0.4, 0.5) is 5.95 Å². The lowest BCUT2D eigenvalue weighted by Gasteiger charge is -2.27. The molecule has 2 rings (SSSR count). The zero-order chi connectivity index (χ0) is 9.10. The molecule has 1 saturated heterocycles. The molecule has 4 nitrogen and oxygen atoms in total. The lowest BCUT2D eigenvalue weighted by atomic mass is 10.4. The van der Waals surface area contributed by atoms with E-state index in [2.05, 4.69) is 20.2 Å². The molecule has 1 N–H and O–H groups in total. The van der Waals surface area contributed by atoms with Crippen LogP contribution in [0, 0.1) is 0 Å². The number of halogens is 2. The molecule has 0 amide bonds. The van der Waals surface area contributed by atoms with E-state index in [-0.39, 0.29) is 12.4 Å². The quantitative estimate of drug-likeness (QED) is 0.736. The van der Waals surface area contributed by atoms with Crippen LogP contribution >= 0.6 is 24.0 Å². The molecule has 0 aliphatic carbocycles. The molecule has 0 bridgehead atoms. The molecule has 1 fully saturated rings. The van der Waals surface area contributed by atoms with Crippen molar-refractivity contribution in [2.24, 2.45) is 0 Å². The first kappa shape index (κ1) is 11.5. The number of nitrogens with one attached hydrogen (secondary N) is 1. The van der Waals surface area contributed by atoms with Crippen LogP contribution in [-0.2, 0) is 0 Å². The Morgan fingerprint density at radius 2 is 2.07 bits per heavy atom. The maximum absolute atomic E-state index is 5.77. The first-order valence-corrected chi connectivity index (χ1v) is 4.68. The summed E-state index contributed by atoms with van der Waals surface area (Å²) in [5.41, 5.74) is 0. The Kier molecular flexibility index (Phi) is 4.38. The topological polar surface area (TPSA) is 41.1 Å². The summed E-state index contributed by atoms with van der Waals surface area (Å²) >= 11 is 5.77. The van der Waals surface area contributed by atoms with Crippen LogP contribution in [0.3, 0.4) is 0 Å². The highest BCUT2D eigenvalue weighted by molar-refractivity contribution is 6.29. The standard InChI is InChI=1S/C8H11ClN4.ClH/c9-7-1-2-11-8(12-7)13-5-3-10-4-6-13;/h1-2,10H,3-6H2;1H. The van der Waals surface area contributed by atoms with E-state index in [1.54, 1.807) is 12.3 Å². The molecule has 1 aromatic heterocycles. The summed E-state index contributed by atoms with van der Waals surface area (Å²) in [4.78, 5) is 10.4. The van der Waals surface area contributed by atoms with Gasteiger partial charge in [0, 0.05) is 32.4 Å². The average Bonchev–Trinajstić information content (AvgIpc) is 2.19. The summed E-state index contributed by atoms with van der Waals surface area (Å²) in [7, 11) is 0. The Labute approximate surface area is 94.1 Å². The third kappa shape index (κ3) is 2.70.